The van der Waals surface area contributed by atoms with E-state index in [1.165, 1.54) is 0 Å². The van der Waals surface area contributed by atoms with Crippen molar-refractivity contribution in [2.45, 2.75) is 57.2 Å². The van der Waals surface area contributed by atoms with E-state index in [1.807, 2.05) is 30.3 Å². The number of benzene rings is 2. The van der Waals surface area contributed by atoms with Crippen LogP contribution in [0, 0.1) is 11.8 Å². The number of fused-ring (bicyclic) bond motifs is 1. The molecule has 2 atom stereocenters. The average Bonchev–Trinajstić information content (AvgIpc) is 2.84. The molecule has 0 saturated carbocycles. The highest BCUT2D eigenvalue weighted by atomic mass is 28.4. The number of hydrogen-bond donors (Lipinski definition) is 0. The fraction of sp³-hybridized carbons (Fsp3) is 0.517. The Bertz CT molecular complexity index is 1060. The largest absolute Gasteiger partial charge is 0.492 e. The molecule has 2 aromatic rings. The number of rotatable bonds is 9. The summed E-state index contributed by atoms with van der Waals surface area (Å²) in [6.07, 6.45) is 0. The van der Waals surface area contributed by atoms with E-state index in [0.29, 0.717) is 19.0 Å². The van der Waals surface area contributed by atoms with Gasteiger partial charge in [0.1, 0.15) is 17.2 Å². The zero-order valence-electron chi connectivity index (χ0n) is 22.9. The van der Waals surface area contributed by atoms with E-state index in [2.05, 4.69) is 64.8 Å². The predicted molar refractivity (Wildman–Crippen MR) is 144 cm³/mol. The van der Waals surface area contributed by atoms with Crippen LogP contribution < -0.4 is 14.2 Å². The molecule has 0 spiro atoms. The lowest BCUT2D eigenvalue weighted by Crippen LogP contribution is -2.41. The lowest BCUT2D eigenvalue weighted by atomic mass is 9.68. The molecule has 0 aromatic heterocycles. The monoisotopic (exact) mass is 512 g/mol. The zero-order chi connectivity index (χ0) is 26.4. The second kappa shape index (κ2) is 11.7. The summed E-state index contributed by atoms with van der Waals surface area (Å²) < 4.78 is 33.9. The summed E-state index contributed by atoms with van der Waals surface area (Å²) in [6, 6.07) is 14.0. The van der Waals surface area contributed by atoms with E-state index in [4.69, 9.17) is 28.1 Å². The number of methoxy groups -OCH3 is 2. The Hall–Kier alpha value is -2.50. The van der Waals surface area contributed by atoms with Crippen molar-refractivity contribution < 1.29 is 28.1 Å². The van der Waals surface area contributed by atoms with Crippen molar-refractivity contribution in [3.8, 4) is 29.1 Å². The van der Waals surface area contributed by atoms with Crippen LogP contribution in [0.3, 0.4) is 0 Å². The van der Waals surface area contributed by atoms with Crippen LogP contribution in [0.1, 0.15) is 44.7 Å². The molecule has 0 aliphatic carbocycles. The molecule has 0 saturated heterocycles. The summed E-state index contributed by atoms with van der Waals surface area (Å²) in [6.45, 7) is 14.7. The van der Waals surface area contributed by atoms with Gasteiger partial charge in [0.25, 0.3) is 0 Å². The van der Waals surface area contributed by atoms with E-state index in [-0.39, 0.29) is 30.0 Å². The lowest BCUT2D eigenvalue weighted by molar-refractivity contribution is 0.0505. The van der Waals surface area contributed by atoms with Crippen LogP contribution in [0.15, 0.2) is 42.5 Å². The Morgan fingerprint density at radius 1 is 0.972 bits per heavy atom. The summed E-state index contributed by atoms with van der Waals surface area (Å²) in [5.74, 6) is 9.05. The zero-order valence-corrected chi connectivity index (χ0v) is 23.9. The molecule has 2 aromatic carbocycles. The van der Waals surface area contributed by atoms with Gasteiger partial charge in [0.15, 0.2) is 21.9 Å². The molecule has 3 rings (SSSR count). The van der Waals surface area contributed by atoms with Gasteiger partial charge in [-0.2, -0.15) is 0 Å². The molecule has 7 heteroatoms. The number of ether oxygens (including phenoxy) is 5. The minimum atomic E-state index is -1.88. The van der Waals surface area contributed by atoms with Crippen molar-refractivity contribution >= 4 is 8.32 Å². The van der Waals surface area contributed by atoms with Crippen LogP contribution in [-0.4, -0.2) is 49.3 Å². The predicted octanol–water partition coefficient (Wildman–Crippen LogP) is 6.11. The molecule has 1 aliphatic rings. The van der Waals surface area contributed by atoms with Crippen LogP contribution in [0.2, 0.25) is 18.1 Å². The summed E-state index contributed by atoms with van der Waals surface area (Å²) >= 11 is 0. The molecular weight excluding hydrogens is 472 g/mol. The van der Waals surface area contributed by atoms with Gasteiger partial charge in [-0.3, -0.25) is 0 Å². The maximum absolute atomic E-state index is 6.34. The van der Waals surface area contributed by atoms with Gasteiger partial charge in [0, 0.05) is 31.3 Å². The Balaban J connectivity index is 1.93. The Morgan fingerprint density at radius 2 is 1.58 bits per heavy atom. The first-order valence-electron chi connectivity index (χ1n) is 12.2. The first-order valence-corrected chi connectivity index (χ1v) is 15.2. The van der Waals surface area contributed by atoms with E-state index in [0.717, 1.165) is 22.6 Å². The molecule has 0 N–H and O–H groups in total. The fourth-order valence-electron chi connectivity index (χ4n) is 3.87. The topological polar surface area (TPSA) is 55.4 Å². The van der Waals surface area contributed by atoms with Crippen molar-refractivity contribution in [3.05, 3.63) is 53.6 Å². The molecule has 0 radical (unpaired) electrons. The summed E-state index contributed by atoms with van der Waals surface area (Å²) in [4.78, 5) is 0. The average molecular weight is 513 g/mol. The molecular formula is C29H40O6Si. The molecule has 0 bridgehead atoms. The van der Waals surface area contributed by atoms with Crippen LogP contribution in [-0.2, 0) is 19.3 Å². The van der Waals surface area contributed by atoms with Gasteiger partial charge >= 0.3 is 0 Å². The second-order valence-electron chi connectivity index (χ2n) is 10.8. The van der Waals surface area contributed by atoms with Crippen molar-refractivity contribution in [2.24, 2.45) is 0 Å². The molecule has 36 heavy (non-hydrogen) atoms. The van der Waals surface area contributed by atoms with Crippen molar-refractivity contribution in [1.82, 2.24) is 0 Å². The van der Waals surface area contributed by atoms with Gasteiger partial charge in [-0.25, -0.2) is 0 Å². The van der Waals surface area contributed by atoms with E-state index in [9.17, 15) is 0 Å². The maximum Gasteiger partial charge on any atom is 0.193 e. The summed E-state index contributed by atoms with van der Waals surface area (Å²) in [5, 5.41) is 0.139. The van der Waals surface area contributed by atoms with Crippen LogP contribution in [0.5, 0.6) is 17.2 Å². The van der Waals surface area contributed by atoms with Gasteiger partial charge in [0.2, 0.25) is 0 Å². The third-order valence-electron chi connectivity index (χ3n) is 7.22. The van der Waals surface area contributed by atoms with Crippen molar-refractivity contribution in [3.63, 3.8) is 0 Å². The molecule has 0 amide bonds. The quantitative estimate of drug-likeness (QED) is 0.230. The normalized spacial score (nSPS) is 19.5. The van der Waals surface area contributed by atoms with E-state index >= 15 is 0 Å². The van der Waals surface area contributed by atoms with Crippen molar-refractivity contribution in [1.29, 1.82) is 0 Å². The SMILES string of the molecule is COCOc1ccc(C2(C)COc3cc(OCOC)ccc3C2C#CCO[Si](C)(C)C(C)(C)C)cc1. The fourth-order valence-corrected chi connectivity index (χ4v) is 4.74. The maximum atomic E-state index is 6.34. The third-order valence-corrected chi connectivity index (χ3v) is 11.7. The Kier molecular flexibility index (Phi) is 9.12. The Morgan fingerprint density at radius 3 is 2.19 bits per heavy atom. The van der Waals surface area contributed by atoms with Crippen LogP contribution >= 0.6 is 0 Å². The number of hydrogen-bond acceptors (Lipinski definition) is 6. The highest BCUT2D eigenvalue weighted by Gasteiger charge is 2.42. The second-order valence-corrected chi connectivity index (χ2v) is 15.6. The van der Waals surface area contributed by atoms with Crippen LogP contribution in [0.25, 0.3) is 0 Å². The van der Waals surface area contributed by atoms with E-state index in [1.54, 1.807) is 14.2 Å². The van der Waals surface area contributed by atoms with Gasteiger partial charge < -0.3 is 28.1 Å². The summed E-state index contributed by atoms with van der Waals surface area (Å²) in [5.41, 5.74) is 1.79. The first kappa shape index (κ1) is 28.1. The first-order chi connectivity index (χ1) is 17.0. The standard InChI is InChI=1S/C29H40O6Si/c1-28(2,3)36(7,8)35-17-9-10-26-25-16-15-24(34-21-31-6)18-27(25)32-19-29(26,4)22-11-13-23(14-12-22)33-20-30-5/h11-16,18,26H,17,19-21H2,1-8H3. The molecule has 1 heterocycles. The van der Waals surface area contributed by atoms with Crippen LogP contribution in [0.4, 0.5) is 0 Å². The summed E-state index contributed by atoms with van der Waals surface area (Å²) in [7, 11) is 1.33. The minimum Gasteiger partial charge on any atom is -0.492 e. The molecule has 6 nitrogen and oxygen atoms in total. The molecule has 1 aliphatic heterocycles. The van der Waals surface area contributed by atoms with Gasteiger partial charge in [0.05, 0.1) is 19.1 Å². The van der Waals surface area contributed by atoms with E-state index < -0.39 is 8.32 Å². The molecule has 0 fully saturated rings. The Labute approximate surface area is 217 Å². The lowest BCUT2D eigenvalue weighted by Gasteiger charge is -2.40. The van der Waals surface area contributed by atoms with Gasteiger partial charge in [-0.1, -0.05) is 57.7 Å². The van der Waals surface area contributed by atoms with Gasteiger partial charge in [-0.15, -0.1) is 0 Å². The smallest absolute Gasteiger partial charge is 0.193 e. The highest BCUT2D eigenvalue weighted by Crippen LogP contribution is 2.47. The molecule has 2 unspecified atom stereocenters. The molecule has 196 valence electrons. The minimum absolute atomic E-state index is 0.0912. The van der Waals surface area contributed by atoms with Crippen molar-refractivity contribution in [2.75, 3.05) is 41.0 Å². The third kappa shape index (κ3) is 6.43. The highest BCUT2D eigenvalue weighted by molar-refractivity contribution is 6.74. The van der Waals surface area contributed by atoms with Gasteiger partial charge in [-0.05, 0) is 41.9 Å².